The Hall–Kier alpha value is -2.31. The summed E-state index contributed by atoms with van der Waals surface area (Å²) in [6, 6.07) is 0. The zero-order valence-electron chi connectivity index (χ0n) is 13.9. The molecule has 0 aliphatic carbocycles. The van der Waals surface area contributed by atoms with E-state index in [4.69, 9.17) is 14.2 Å². The van der Waals surface area contributed by atoms with Crippen LogP contribution in [0, 0.1) is 13.8 Å². The number of ether oxygens (including phenoxy) is 3. The van der Waals surface area contributed by atoms with Crippen molar-refractivity contribution < 1.29 is 28.6 Å². The Morgan fingerprint density at radius 3 is 2.43 bits per heavy atom. The number of aryl methyl sites for hydroxylation is 1. The molecule has 1 aromatic heterocycles. The van der Waals surface area contributed by atoms with Crippen LogP contribution in [0.15, 0.2) is 0 Å². The number of carbonyl (C=O) groups excluding carboxylic acids is 3. The summed E-state index contributed by atoms with van der Waals surface area (Å²) < 4.78 is 15.3. The average molecular weight is 323 g/mol. The summed E-state index contributed by atoms with van der Waals surface area (Å²) in [5, 5.41) is 0. The molecule has 1 aliphatic heterocycles. The molecule has 0 bridgehead atoms. The molecule has 0 spiro atoms. The van der Waals surface area contributed by atoms with Crippen molar-refractivity contribution in [1.29, 1.82) is 0 Å². The Morgan fingerprint density at radius 1 is 1.26 bits per heavy atom. The van der Waals surface area contributed by atoms with Crippen LogP contribution in [0.1, 0.15) is 59.3 Å². The van der Waals surface area contributed by atoms with E-state index < -0.39 is 24.0 Å². The van der Waals surface area contributed by atoms with Gasteiger partial charge in [0.2, 0.25) is 6.10 Å². The standard InChI is InChI=1S/C16H21NO6/c1-7(2)21-15(19)12-9(4)13(17-10(12)5)16(20)23-11-6-8(3)22-14(11)18/h7-8,11,17H,6H2,1-5H3/t8-,11-/m1/s1. The van der Waals surface area contributed by atoms with Crippen molar-refractivity contribution in [2.45, 2.75) is 59.4 Å². The molecule has 0 aromatic carbocycles. The van der Waals surface area contributed by atoms with Crippen molar-refractivity contribution in [2.75, 3.05) is 0 Å². The normalized spacial score (nSPS) is 20.5. The fraction of sp³-hybridized carbons (Fsp3) is 0.562. The summed E-state index contributed by atoms with van der Waals surface area (Å²) in [5.41, 5.74) is 1.42. The summed E-state index contributed by atoms with van der Waals surface area (Å²) >= 11 is 0. The number of carbonyl (C=O) groups is 3. The Bertz CT molecular complexity index is 645. The van der Waals surface area contributed by atoms with Crippen molar-refractivity contribution in [3.8, 4) is 0 Å². The van der Waals surface area contributed by atoms with Gasteiger partial charge in [-0.15, -0.1) is 0 Å². The van der Waals surface area contributed by atoms with Gasteiger partial charge in [-0.05, 0) is 40.2 Å². The zero-order valence-corrected chi connectivity index (χ0v) is 13.9. The molecule has 1 fully saturated rings. The van der Waals surface area contributed by atoms with Crippen molar-refractivity contribution >= 4 is 17.9 Å². The number of hydrogen-bond donors (Lipinski definition) is 1. The van der Waals surface area contributed by atoms with Crippen LogP contribution >= 0.6 is 0 Å². The first-order valence-electron chi connectivity index (χ1n) is 7.52. The lowest BCUT2D eigenvalue weighted by molar-refractivity contribution is -0.147. The first-order valence-corrected chi connectivity index (χ1v) is 7.52. The molecule has 0 unspecified atom stereocenters. The summed E-state index contributed by atoms with van der Waals surface area (Å²) in [5.74, 6) is -1.74. The third kappa shape index (κ3) is 3.55. The van der Waals surface area contributed by atoms with E-state index in [1.807, 2.05) is 0 Å². The van der Waals surface area contributed by atoms with Gasteiger partial charge in [-0.3, -0.25) is 0 Å². The summed E-state index contributed by atoms with van der Waals surface area (Å²) in [4.78, 5) is 38.8. The van der Waals surface area contributed by atoms with Crippen LogP contribution in [0.25, 0.3) is 0 Å². The lowest BCUT2D eigenvalue weighted by Crippen LogP contribution is -2.23. The van der Waals surface area contributed by atoms with E-state index in [1.165, 1.54) is 0 Å². The van der Waals surface area contributed by atoms with Gasteiger partial charge in [-0.25, -0.2) is 14.4 Å². The van der Waals surface area contributed by atoms with Gasteiger partial charge in [0.15, 0.2) is 0 Å². The molecule has 1 saturated heterocycles. The molecule has 2 atom stereocenters. The Balaban J connectivity index is 2.19. The number of rotatable bonds is 4. The van der Waals surface area contributed by atoms with Crippen LogP contribution in [-0.2, 0) is 19.0 Å². The van der Waals surface area contributed by atoms with E-state index in [9.17, 15) is 14.4 Å². The maximum atomic E-state index is 12.3. The van der Waals surface area contributed by atoms with E-state index >= 15 is 0 Å². The Morgan fingerprint density at radius 2 is 1.91 bits per heavy atom. The second-order valence-corrected chi connectivity index (χ2v) is 5.96. The SMILES string of the molecule is Cc1[nH]c(C(=O)O[C@@H]2C[C@@H](C)OC2=O)c(C)c1C(=O)OC(C)C. The third-order valence-electron chi connectivity index (χ3n) is 3.56. The molecular formula is C16H21NO6. The zero-order chi connectivity index (χ0) is 17.3. The minimum Gasteiger partial charge on any atom is -0.460 e. The molecule has 2 heterocycles. The largest absolute Gasteiger partial charge is 0.460 e. The summed E-state index contributed by atoms with van der Waals surface area (Å²) in [6.45, 7) is 8.53. The number of aromatic amines is 1. The van der Waals surface area contributed by atoms with Gasteiger partial charge < -0.3 is 19.2 Å². The van der Waals surface area contributed by atoms with Crippen LogP contribution < -0.4 is 0 Å². The quantitative estimate of drug-likeness (QED) is 0.673. The van der Waals surface area contributed by atoms with Crippen molar-refractivity contribution in [1.82, 2.24) is 4.98 Å². The molecular weight excluding hydrogens is 302 g/mol. The van der Waals surface area contributed by atoms with Crippen molar-refractivity contribution in [2.24, 2.45) is 0 Å². The van der Waals surface area contributed by atoms with Crippen molar-refractivity contribution in [3.05, 3.63) is 22.5 Å². The molecule has 1 aliphatic rings. The van der Waals surface area contributed by atoms with Gasteiger partial charge in [-0.1, -0.05) is 0 Å². The predicted molar refractivity (Wildman–Crippen MR) is 80.2 cm³/mol. The molecule has 1 aromatic rings. The highest BCUT2D eigenvalue weighted by molar-refractivity contribution is 5.99. The number of H-pyrrole nitrogens is 1. The molecule has 0 radical (unpaired) electrons. The molecule has 7 nitrogen and oxygen atoms in total. The first-order chi connectivity index (χ1) is 10.7. The molecule has 2 rings (SSSR count). The molecule has 7 heteroatoms. The minimum atomic E-state index is -0.911. The maximum absolute atomic E-state index is 12.3. The van der Waals surface area contributed by atoms with E-state index in [1.54, 1.807) is 34.6 Å². The fourth-order valence-corrected chi connectivity index (χ4v) is 2.54. The summed E-state index contributed by atoms with van der Waals surface area (Å²) in [7, 11) is 0. The van der Waals surface area contributed by atoms with Gasteiger partial charge in [-0.2, -0.15) is 0 Å². The second-order valence-electron chi connectivity index (χ2n) is 5.96. The van der Waals surface area contributed by atoms with Gasteiger partial charge in [0.05, 0.1) is 11.7 Å². The van der Waals surface area contributed by atoms with Crippen LogP contribution in [0.3, 0.4) is 0 Å². The molecule has 23 heavy (non-hydrogen) atoms. The average Bonchev–Trinajstić information content (AvgIpc) is 2.88. The van der Waals surface area contributed by atoms with Crippen LogP contribution in [0.4, 0.5) is 0 Å². The van der Waals surface area contributed by atoms with Crippen LogP contribution in [0.2, 0.25) is 0 Å². The molecule has 0 saturated carbocycles. The van der Waals surface area contributed by atoms with E-state index in [2.05, 4.69) is 4.98 Å². The fourth-order valence-electron chi connectivity index (χ4n) is 2.54. The van der Waals surface area contributed by atoms with Gasteiger partial charge in [0.25, 0.3) is 0 Å². The third-order valence-corrected chi connectivity index (χ3v) is 3.56. The molecule has 126 valence electrons. The number of cyclic esters (lactones) is 1. The van der Waals surface area contributed by atoms with E-state index in [-0.39, 0.29) is 17.9 Å². The molecule has 1 N–H and O–H groups in total. The highest BCUT2D eigenvalue weighted by Gasteiger charge is 2.36. The number of hydrogen-bond acceptors (Lipinski definition) is 6. The highest BCUT2D eigenvalue weighted by Crippen LogP contribution is 2.23. The van der Waals surface area contributed by atoms with E-state index in [0.29, 0.717) is 23.2 Å². The Labute approximate surface area is 134 Å². The van der Waals surface area contributed by atoms with Gasteiger partial charge in [0, 0.05) is 12.1 Å². The smallest absolute Gasteiger partial charge is 0.355 e. The van der Waals surface area contributed by atoms with Gasteiger partial charge in [0.1, 0.15) is 11.8 Å². The van der Waals surface area contributed by atoms with Crippen LogP contribution in [-0.4, -0.2) is 41.2 Å². The predicted octanol–water partition coefficient (Wildman–Crippen LogP) is 2.06. The number of esters is 3. The number of nitrogens with one attached hydrogen (secondary N) is 1. The Kier molecular flexibility index (Phi) is 4.77. The second kappa shape index (κ2) is 6.44. The first kappa shape index (κ1) is 17.1. The minimum absolute atomic E-state index is 0.144. The highest BCUT2D eigenvalue weighted by atomic mass is 16.6. The van der Waals surface area contributed by atoms with Crippen molar-refractivity contribution in [3.63, 3.8) is 0 Å². The summed E-state index contributed by atoms with van der Waals surface area (Å²) in [6.07, 6.45) is -1.12. The molecule has 0 amide bonds. The van der Waals surface area contributed by atoms with Gasteiger partial charge >= 0.3 is 17.9 Å². The van der Waals surface area contributed by atoms with Crippen LogP contribution in [0.5, 0.6) is 0 Å². The maximum Gasteiger partial charge on any atom is 0.355 e. The number of aromatic nitrogens is 1. The topological polar surface area (TPSA) is 94.7 Å². The monoisotopic (exact) mass is 323 g/mol. The lowest BCUT2D eigenvalue weighted by Gasteiger charge is -2.09. The lowest BCUT2D eigenvalue weighted by atomic mass is 10.1. The van der Waals surface area contributed by atoms with E-state index in [0.717, 1.165) is 0 Å².